The SMILES string of the molecule is COC(=O)c1c(N)c(C#N)cn1-c1cc(F)cc(B(O)O)c1. The number of carbonyl (C=O) groups is 1. The van der Waals surface area contributed by atoms with Crippen LogP contribution in [0.3, 0.4) is 0 Å². The van der Waals surface area contributed by atoms with Gasteiger partial charge in [0.15, 0.2) is 5.69 Å². The summed E-state index contributed by atoms with van der Waals surface area (Å²) in [5.41, 5.74) is 5.46. The molecule has 0 saturated carbocycles. The van der Waals surface area contributed by atoms with Gasteiger partial charge in [-0.1, -0.05) is 0 Å². The highest BCUT2D eigenvalue weighted by Crippen LogP contribution is 2.24. The lowest BCUT2D eigenvalue weighted by Gasteiger charge is -2.10. The number of hydrogen-bond donors (Lipinski definition) is 3. The minimum Gasteiger partial charge on any atom is -0.464 e. The van der Waals surface area contributed by atoms with E-state index in [1.165, 1.54) is 12.3 Å². The zero-order valence-electron chi connectivity index (χ0n) is 11.4. The number of nitrogens with two attached hydrogens (primary N) is 1. The van der Waals surface area contributed by atoms with Gasteiger partial charge in [0.2, 0.25) is 0 Å². The molecule has 1 aromatic carbocycles. The topological polar surface area (TPSA) is 122 Å². The van der Waals surface area contributed by atoms with Gasteiger partial charge >= 0.3 is 13.1 Å². The van der Waals surface area contributed by atoms with Crippen LogP contribution in [-0.4, -0.2) is 34.8 Å². The number of nitrogen functional groups attached to an aromatic ring is 1. The van der Waals surface area contributed by atoms with Gasteiger partial charge in [0.25, 0.3) is 0 Å². The van der Waals surface area contributed by atoms with Gasteiger partial charge in [-0.3, -0.25) is 0 Å². The predicted molar refractivity (Wildman–Crippen MR) is 76.0 cm³/mol. The summed E-state index contributed by atoms with van der Waals surface area (Å²) >= 11 is 0. The molecule has 112 valence electrons. The summed E-state index contributed by atoms with van der Waals surface area (Å²) in [5.74, 6) is -1.56. The molecule has 0 bridgehead atoms. The maximum Gasteiger partial charge on any atom is 0.488 e. The number of nitrogens with zero attached hydrogens (tertiary/aromatic N) is 2. The molecule has 0 spiro atoms. The van der Waals surface area contributed by atoms with E-state index >= 15 is 0 Å². The fourth-order valence-electron chi connectivity index (χ4n) is 2.00. The Morgan fingerprint density at radius 3 is 2.68 bits per heavy atom. The Kier molecular flexibility index (Phi) is 4.16. The van der Waals surface area contributed by atoms with Crippen molar-refractivity contribution < 1.29 is 24.0 Å². The molecular formula is C13H11BFN3O4. The average Bonchev–Trinajstić information content (AvgIpc) is 2.82. The highest BCUT2D eigenvalue weighted by Gasteiger charge is 2.23. The van der Waals surface area contributed by atoms with E-state index in [1.54, 1.807) is 0 Å². The Morgan fingerprint density at radius 1 is 1.45 bits per heavy atom. The molecule has 0 aliphatic carbocycles. The molecule has 0 fully saturated rings. The van der Waals surface area contributed by atoms with Gasteiger partial charge in [-0.2, -0.15) is 5.26 Å². The van der Waals surface area contributed by atoms with Crippen LogP contribution in [-0.2, 0) is 4.74 Å². The van der Waals surface area contributed by atoms with Crippen molar-refractivity contribution in [1.29, 1.82) is 5.26 Å². The first kappa shape index (κ1) is 15.6. The maximum atomic E-state index is 13.6. The molecular weight excluding hydrogens is 292 g/mol. The maximum absolute atomic E-state index is 13.6. The highest BCUT2D eigenvalue weighted by molar-refractivity contribution is 6.58. The van der Waals surface area contributed by atoms with E-state index in [4.69, 9.17) is 21.0 Å². The van der Waals surface area contributed by atoms with Crippen molar-refractivity contribution in [1.82, 2.24) is 4.57 Å². The number of nitriles is 1. The molecule has 0 aliphatic heterocycles. The minimum absolute atomic E-state index is 0.00996. The third-order valence-corrected chi connectivity index (χ3v) is 3.02. The van der Waals surface area contributed by atoms with Crippen molar-refractivity contribution in [2.75, 3.05) is 12.8 Å². The molecule has 0 saturated heterocycles. The fraction of sp³-hybridized carbons (Fsp3) is 0.0769. The molecule has 0 radical (unpaired) electrons. The van der Waals surface area contributed by atoms with Gasteiger partial charge in [0, 0.05) is 11.9 Å². The molecule has 22 heavy (non-hydrogen) atoms. The van der Waals surface area contributed by atoms with Gasteiger partial charge in [-0.25, -0.2) is 9.18 Å². The van der Waals surface area contributed by atoms with Crippen LogP contribution in [0.4, 0.5) is 10.1 Å². The van der Waals surface area contributed by atoms with Crippen LogP contribution in [0.25, 0.3) is 5.69 Å². The molecule has 0 unspecified atom stereocenters. The largest absolute Gasteiger partial charge is 0.488 e. The Labute approximate surface area is 125 Å². The van der Waals surface area contributed by atoms with Crippen molar-refractivity contribution in [2.24, 2.45) is 0 Å². The summed E-state index contributed by atoms with van der Waals surface area (Å²) < 4.78 is 19.4. The zero-order valence-corrected chi connectivity index (χ0v) is 11.4. The molecule has 0 atom stereocenters. The van der Waals surface area contributed by atoms with E-state index in [1.807, 2.05) is 6.07 Å². The number of anilines is 1. The van der Waals surface area contributed by atoms with E-state index in [9.17, 15) is 9.18 Å². The quantitative estimate of drug-likeness (QED) is 0.521. The second-order valence-corrected chi connectivity index (χ2v) is 4.39. The van der Waals surface area contributed by atoms with Gasteiger partial charge in [-0.15, -0.1) is 0 Å². The summed E-state index contributed by atoms with van der Waals surface area (Å²) in [6.07, 6.45) is 1.24. The minimum atomic E-state index is -1.89. The standard InChI is InChI=1S/C13H11BFN3O4/c1-22-13(19)12-11(17)7(5-16)6-18(12)10-3-8(14(20)21)2-9(15)4-10/h2-4,6,20-21H,17H2,1H3. The molecule has 1 aromatic heterocycles. The second-order valence-electron chi connectivity index (χ2n) is 4.39. The summed E-state index contributed by atoms with van der Waals surface area (Å²) in [6, 6.07) is 5.05. The summed E-state index contributed by atoms with van der Waals surface area (Å²) in [4.78, 5) is 11.8. The van der Waals surface area contributed by atoms with Crippen LogP contribution in [0.1, 0.15) is 16.1 Å². The number of rotatable bonds is 3. The highest BCUT2D eigenvalue weighted by atomic mass is 19.1. The first-order chi connectivity index (χ1) is 10.4. The number of ether oxygens (including phenoxy) is 1. The van der Waals surface area contributed by atoms with Gasteiger partial charge in [0.1, 0.15) is 11.9 Å². The van der Waals surface area contributed by atoms with Crippen LogP contribution in [0.2, 0.25) is 0 Å². The number of carbonyl (C=O) groups excluding carboxylic acids is 1. The van der Waals surface area contributed by atoms with E-state index in [2.05, 4.69) is 4.74 Å². The predicted octanol–water partition coefficient (Wildman–Crippen LogP) is -0.463. The Balaban J connectivity index is 2.72. The molecule has 7 nitrogen and oxygen atoms in total. The lowest BCUT2D eigenvalue weighted by atomic mass is 9.80. The van der Waals surface area contributed by atoms with E-state index in [0.717, 1.165) is 23.8 Å². The summed E-state index contributed by atoms with van der Waals surface area (Å²) in [5, 5.41) is 27.3. The molecule has 0 aliphatic rings. The third-order valence-electron chi connectivity index (χ3n) is 3.02. The zero-order chi connectivity index (χ0) is 16.4. The Bertz CT molecular complexity index is 782. The second kappa shape index (κ2) is 5.89. The molecule has 0 amide bonds. The van der Waals surface area contributed by atoms with E-state index in [-0.39, 0.29) is 28.1 Å². The summed E-state index contributed by atoms with van der Waals surface area (Å²) in [7, 11) is -0.751. The van der Waals surface area contributed by atoms with Crippen molar-refractivity contribution in [3.05, 3.63) is 41.5 Å². The normalized spacial score (nSPS) is 10.1. The van der Waals surface area contributed by atoms with E-state index in [0.29, 0.717) is 0 Å². The van der Waals surface area contributed by atoms with Gasteiger partial charge < -0.3 is 25.1 Å². The Morgan fingerprint density at radius 2 is 2.14 bits per heavy atom. The van der Waals surface area contributed by atoms with Crippen molar-refractivity contribution >= 4 is 24.2 Å². The third kappa shape index (κ3) is 2.65. The molecule has 2 aromatic rings. The lowest BCUT2D eigenvalue weighted by molar-refractivity contribution is 0.0593. The van der Waals surface area contributed by atoms with E-state index < -0.39 is 18.9 Å². The Hall–Kier alpha value is -2.83. The smallest absolute Gasteiger partial charge is 0.464 e. The monoisotopic (exact) mass is 303 g/mol. The van der Waals surface area contributed by atoms with Crippen LogP contribution >= 0.6 is 0 Å². The van der Waals surface area contributed by atoms with Crippen LogP contribution < -0.4 is 11.2 Å². The molecule has 4 N–H and O–H groups in total. The fourth-order valence-corrected chi connectivity index (χ4v) is 2.00. The number of aromatic nitrogens is 1. The van der Waals surface area contributed by atoms with Crippen molar-refractivity contribution in [2.45, 2.75) is 0 Å². The molecule has 1 heterocycles. The van der Waals surface area contributed by atoms with Crippen molar-refractivity contribution in [3.8, 4) is 11.8 Å². The van der Waals surface area contributed by atoms with Crippen LogP contribution in [0, 0.1) is 17.1 Å². The number of halogens is 1. The van der Waals surface area contributed by atoms with Gasteiger partial charge in [0.05, 0.1) is 18.4 Å². The lowest BCUT2D eigenvalue weighted by Crippen LogP contribution is -2.30. The number of esters is 1. The first-order valence-electron chi connectivity index (χ1n) is 6.05. The molecule has 9 heteroatoms. The number of hydrogen-bond acceptors (Lipinski definition) is 6. The van der Waals surface area contributed by atoms with Crippen LogP contribution in [0.15, 0.2) is 24.4 Å². The van der Waals surface area contributed by atoms with Gasteiger partial charge in [-0.05, 0) is 23.7 Å². The first-order valence-corrected chi connectivity index (χ1v) is 6.05. The number of methoxy groups -OCH3 is 1. The summed E-state index contributed by atoms with van der Waals surface area (Å²) in [6.45, 7) is 0. The van der Waals surface area contributed by atoms with Crippen LogP contribution in [0.5, 0.6) is 0 Å². The van der Waals surface area contributed by atoms with Crippen molar-refractivity contribution in [3.63, 3.8) is 0 Å². The number of benzene rings is 1. The molecule has 2 rings (SSSR count). The average molecular weight is 303 g/mol.